The maximum Gasteiger partial charge on any atom is 0.252 e. The number of aromatic amines is 1. The molecule has 1 aliphatic heterocycles. The number of rotatable bonds is 6. The van der Waals surface area contributed by atoms with Crippen molar-refractivity contribution < 1.29 is 14.3 Å². The van der Waals surface area contributed by atoms with Crippen molar-refractivity contribution in [2.24, 2.45) is 0 Å². The number of thioether (sulfide) groups is 1. The van der Waals surface area contributed by atoms with Gasteiger partial charge in [-0.2, -0.15) is 0 Å². The third-order valence-electron chi connectivity index (χ3n) is 4.77. The van der Waals surface area contributed by atoms with Gasteiger partial charge in [-0.05, 0) is 19.1 Å². The fraction of sp³-hybridized carbons (Fsp3) is 0.130. The van der Waals surface area contributed by atoms with Gasteiger partial charge >= 0.3 is 0 Å². The van der Waals surface area contributed by atoms with E-state index in [0.29, 0.717) is 28.0 Å². The second kappa shape index (κ2) is 9.08. The van der Waals surface area contributed by atoms with Crippen LogP contribution >= 0.6 is 23.1 Å². The van der Waals surface area contributed by atoms with Crippen LogP contribution in [0.2, 0.25) is 0 Å². The number of fused-ring (bicyclic) bond motifs is 1. The van der Waals surface area contributed by atoms with Crippen LogP contribution in [-0.2, 0) is 4.79 Å². The lowest BCUT2D eigenvalue weighted by molar-refractivity contribution is -0.113. The van der Waals surface area contributed by atoms with Crippen LogP contribution in [0.4, 0.5) is 5.69 Å². The van der Waals surface area contributed by atoms with E-state index in [1.54, 1.807) is 18.2 Å². The van der Waals surface area contributed by atoms with Gasteiger partial charge in [-0.3, -0.25) is 9.59 Å². The van der Waals surface area contributed by atoms with Crippen molar-refractivity contribution in [1.29, 1.82) is 0 Å². The minimum absolute atomic E-state index is 0.0811. The molecule has 2 aromatic carbocycles. The Morgan fingerprint density at radius 2 is 1.94 bits per heavy atom. The summed E-state index contributed by atoms with van der Waals surface area (Å²) in [5.74, 6) is 1.09. The van der Waals surface area contributed by atoms with Crippen molar-refractivity contribution in [3.05, 3.63) is 70.6 Å². The number of hydrogen-bond acceptors (Lipinski definition) is 8. The van der Waals surface area contributed by atoms with E-state index >= 15 is 0 Å². The molecular weight excluding hydrogens is 460 g/mol. The number of nitrogens with one attached hydrogen (secondary N) is 2. The minimum Gasteiger partial charge on any atom is -0.454 e. The molecule has 33 heavy (non-hydrogen) atoms. The molecule has 166 valence electrons. The highest BCUT2D eigenvalue weighted by Crippen LogP contribution is 2.35. The lowest BCUT2D eigenvalue weighted by Gasteiger charge is -2.06. The quantitative estimate of drug-likeness (QED) is 0.314. The summed E-state index contributed by atoms with van der Waals surface area (Å²) in [5, 5.41) is 4.04. The van der Waals surface area contributed by atoms with E-state index < -0.39 is 0 Å². The van der Waals surface area contributed by atoms with Gasteiger partial charge in [0.1, 0.15) is 5.01 Å². The first-order chi connectivity index (χ1) is 16.0. The number of carbonyl (C=O) groups excluding carboxylic acids is 1. The summed E-state index contributed by atoms with van der Waals surface area (Å²) in [6.07, 6.45) is 0. The fourth-order valence-electron chi connectivity index (χ4n) is 3.26. The monoisotopic (exact) mass is 478 g/mol. The van der Waals surface area contributed by atoms with E-state index in [0.717, 1.165) is 32.9 Å². The summed E-state index contributed by atoms with van der Waals surface area (Å²) in [7, 11) is 0. The first-order valence-electron chi connectivity index (χ1n) is 10.0. The molecule has 4 aromatic rings. The van der Waals surface area contributed by atoms with Crippen molar-refractivity contribution in [2.45, 2.75) is 12.1 Å². The maximum atomic E-state index is 12.4. The molecule has 2 N–H and O–H groups in total. The van der Waals surface area contributed by atoms with E-state index in [-0.39, 0.29) is 24.0 Å². The largest absolute Gasteiger partial charge is 0.454 e. The molecule has 0 bridgehead atoms. The van der Waals surface area contributed by atoms with Gasteiger partial charge in [-0.25, -0.2) is 9.97 Å². The average molecular weight is 479 g/mol. The van der Waals surface area contributed by atoms with Crippen LogP contribution in [0.1, 0.15) is 5.69 Å². The summed E-state index contributed by atoms with van der Waals surface area (Å²) in [4.78, 5) is 37.4. The highest BCUT2D eigenvalue weighted by molar-refractivity contribution is 7.99. The Morgan fingerprint density at radius 1 is 1.12 bits per heavy atom. The molecule has 5 rings (SSSR count). The zero-order valence-electron chi connectivity index (χ0n) is 17.5. The molecule has 8 nitrogen and oxygen atoms in total. The summed E-state index contributed by atoms with van der Waals surface area (Å²) in [6.45, 7) is 2.07. The molecule has 0 saturated carbocycles. The van der Waals surface area contributed by atoms with Crippen LogP contribution < -0.4 is 20.3 Å². The number of carbonyl (C=O) groups is 1. The van der Waals surface area contributed by atoms with E-state index in [9.17, 15) is 9.59 Å². The molecule has 3 heterocycles. The first kappa shape index (κ1) is 21.2. The number of benzene rings is 2. The first-order valence-corrected chi connectivity index (χ1v) is 11.8. The zero-order chi connectivity index (χ0) is 22.8. The van der Waals surface area contributed by atoms with Crippen molar-refractivity contribution in [3.63, 3.8) is 0 Å². The van der Waals surface area contributed by atoms with Gasteiger partial charge in [0.25, 0.3) is 5.56 Å². The number of aromatic nitrogens is 3. The molecule has 0 spiro atoms. The molecule has 0 aliphatic carbocycles. The maximum absolute atomic E-state index is 12.4. The molecule has 0 unspecified atom stereocenters. The SMILES string of the molecule is Cc1nc(-c2ccccc2)sc1-c1cc(=O)[nH]c(SCC(=O)Nc2ccc3c(c2)OCO3)n1. The predicted molar refractivity (Wildman–Crippen MR) is 128 cm³/mol. The summed E-state index contributed by atoms with van der Waals surface area (Å²) < 4.78 is 10.6. The van der Waals surface area contributed by atoms with Crippen LogP contribution in [0.3, 0.4) is 0 Å². The Morgan fingerprint density at radius 3 is 2.79 bits per heavy atom. The average Bonchev–Trinajstić information content (AvgIpc) is 3.44. The van der Waals surface area contributed by atoms with Crippen LogP contribution in [0.15, 0.2) is 64.5 Å². The predicted octanol–water partition coefficient (Wildman–Crippen LogP) is 4.33. The highest BCUT2D eigenvalue weighted by Gasteiger charge is 2.16. The fourth-order valence-corrected chi connectivity index (χ4v) is 4.97. The zero-order valence-corrected chi connectivity index (χ0v) is 19.1. The van der Waals surface area contributed by atoms with Gasteiger partial charge in [0, 0.05) is 23.4 Å². The van der Waals surface area contributed by atoms with Gasteiger partial charge in [0.2, 0.25) is 12.7 Å². The highest BCUT2D eigenvalue weighted by atomic mass is 32.2. The van der Waals surface area contributed by atoms with Gasteiger partial charge in [0.05, 0.1) is 22.0 Å². The van der Waals surface area contributed by atoms with E-state index in [1.165, 1.54) is 17.4 Å². The van der Waals surface area contributed by atoms with Gasteiger partial charge < -0.3 is 19.8 Å². The Labute approximate surface area is 197 Å². The third-order valence-corrected chi connectivity index (χ3v) is 6.87. The Balaban J connectivity index is 1.30. The summed E-state index contributed by atoms with van der Waals surface area (Å²) in [5.41, 5.74) is 2.67. The number of amides is 1. The Kier molecular flexibility index (Phi) is 5.84. The normalized spacial score (nSPS) is 12.0. The molecular formula is C23H18N4O4S2. The molecule has 1 aliphatic rings. The number of anilines is 1. The van der Waals surface area contributed by atoms with Gasteiger partial charge in [0.15, 0.2) is 16.7 Å². The van der Waals surface area contributed by atoms with Crippen molar-refractivity contribution in [3.8, 4) is 32.6 Å². The number of ether oxygens (including phenoxy) is 2. The lowest BCUT2D eigenvalue weighted by atomic mass is 10.2. The topological polar surface area (TPSA) is 106 Å². The number of H-pyrrole nitrogens is 1. The van der Waals surface area contributed by atoms with E-state index in [4.69, 9.17) is 9.47 Å². The van der Waals surface area contributed by atoms with Crippen LogP contribution in [0, 0.1) is 6.92 Å². The molecule has 1 amide bonds. The summed E-state index contributed by atoms with van der Waals surface area (Å²) in [6, 6.07) is 16.5. The smallest absolute Gasteiger partial charge is 0.252 e. The second-order valence-electron chi connectivity index (χ2n) is 7.14. The third kappa shape index (κ3) is 4.76. The van der Waals surface area contributed by atoms with Crippen molar-refractivity contribution >= 4 is 34.7 Å². The minimum atomic E-state index is -0.284. The number of nitrogens with zero attached hydrogens (tertiary/aromatic N) is 2. The van der Waals surface area contributed by atoms with Crippen molar-refractivity contribution in [2.75, 3.05) is 17.9 Å². The Hall–Kier alpha value is -3.63. The summed E-state index contributed by atoms with van der Waals surface area (Å²) >= 11 is 2.64. The Bertz CT molecular complexity index is 1380. The van der Waals surface area contributed by atoms with Gasteiger partial charge in [-0.1, -0.05) is 42.1 Å². The van der Waals surface area contributed by atoms with Crippen LogP contribution in [-0.4, -0.2) is 33.4 Å². The second-order valence-corrected chi connectivity index (χ2v) is 9.10. The number of aryl methyl sites for hydroxylation is 1. The van der Waals surface area contributed by atoms with Crippen molar-refractivity contribution in [1.82, 2.24) is 15.0 Å². The number of thiazole rings is 1. The van der Waals surface area contributed by atoms with E-state index in [1.807, 2.05) is 37.3 Å². The van der Waals surface area contributed by atoms with Gasteiger partial charge in [-0.15, -0.1) is 11.3 Å². The van der Waals surface area contributed by atoms with Crippen LogP contribution in [0.5, 0.6) is 11.5 Å². The molecule has 10 heteroatoms. The molecule has 0 saturated heterocycles. The standard InChI is InChI=1S/C23H18N4O4S2/c1-13-21(33-22(24-13)14-5-3-2-4-6-14)16-10-19(28)27-23(26-16)32-11-20(29)25-15-7-8-17-18(9-15)31-12-30-17/h2-10H,11-12H2,1H3,(H,25,29)(H,26,27,28). The number of hydrogen-bond donors (Lipinski definition) is 2. The molecule has 0 fully saturated rings. The molecule has 0 atom stereocenters. The van der Waals surface area contributed by atoms with E-state index in [2.05, 4.69) is 20.3 Å². The molecule has 2 aromatic heterocycles. The lowest BCUT2D eigenvalue weighted by Crippen LogP contribution is -2.15. The molecule has 0 radical (unpaired) electrons. The van der Waals surface area contributed by atoms with Crippen LogP contribution in [0.25, 0.3) is 21.1 Å².